The number of hydrogen-bond donors (Lipinski definition) is 1. The zero-order chi connectivity index (χ0) is 30.2. The molecule has 0 bridgehead atoms. The van der Waals surface area contributed by atoms with Crippen molar-refractivity contribution in [3.63, 3.8) is 0 Å². The smallest absolute Gasteiger partial charge is 0.433 e. The molecular weight excluding hydrogens is 599 g/mol. The summed E-state index contributed by atoms with van der Waals surface area (Å²) in [5, 5.41) is 6.65. The number of nitrogens with zero attached hydrogens (tertiary/aromatic N) is 4. The molecule has 1 N–H and O–H groups in total. The lowest BCUT2D eigenvalue weighted by Crippen LogP contribution is -2.21. The fraction of sp³-hybridized carbons (Fsp3) is 0.259. The molecule has 15 heteroatoms. The molecule has 1 amide bonds. The van der Waals surface area contributed by atoms with Gasteiger partial charge in [-0.2, -0.15) is 18.3 Å². The predicted octanol–water partition coefficient (Wildman–Crippen LogP) is 5.21. The average Bonchev–Trinajstić information content (AvgIpc) is 3.52. The molecule has 220 valence electrons. The van der Waals surface area contributed by atoms with Crippen LogP contribution < -0.4 is 14.8 Å². The molecular formula is C27H23ClF3N5O5S. The Balaban J connectivity index is 1.33. The molecule has 0 saturated heterocycles. The third kappa shape index (κ3) is 6.34. The number of benzene rings is 2. The van der Waals surface area contributed by atoms with E-state index in [4.69, 9.17) is 21.1 Å². The number of carbonyl (C=O) groups excluding carboxylic acids is 1. The van der Waals surface area contributed by atoms with Crippen LogP contribution >= 0.6 is 11.6 Å². The van der Waals surface area contributed by atoms with E-state index in [0.717, 1.165) is 5.56 Å². The SMILES string of the molecule is Cc1nn(Cc2ccc(Cl)cc2)c(C)c1NC(=O)CCS(=O)(=O)c1nc(-c2ccc3c(c2)OCO3)cc(C(F)(F)F)n1. The number of alkyl halides is 3. The van der Waals surface area contributed by atoms with Crippen molar-refractivity contribution in [1.29, 1.82) is 0 Å². The summed E-state index contributed by atoms with van der Waals surface area (Å²) in [4.78, 5) is 19.9. The number of fused-ring (bicyclic) bond motifs is 1. The zero-order valence-electron chi connectivity index (χ0n) is 22.2. The van der Waals surface area contributed by atoms with Gasteiger partial charge in [0.1, 0.15) is 5.69 Å². The van der Waals surface area contributed by atoms with E-state index in [1.54, 1.807) is 30.7 Å². The van der Waals surface area contributed by atoms with Gasteiger partial charge in [-0.05, 0) is 55.8 Å². The van der Waals surface area contributed by atoms with Gasteiger partial charge in [-0.15, -0.1) is 0 Å². The first kappa shape index (κ1) is 29.3. The number of halogens is 4. The Morgan fingerprint density at radius 3 is 2.48 bits per heavy atom. The monoisotopic (exact) mass is 621 g/mol. The Kier molecular flexibility index (Phi) is 7.86. The van der Waals surface area contributed by atoms with Crippen molar-refractivity contribution in [2.75, 3.05) is 17.9 Å². The number of anilines is 1. The van der Waals surface area contributed by atoms with Gasteiger partial charge in [0.05, 0.1) is 35.1 Å². The van der Waals surface area contributed by atoms with Crippen molar-refractivity contribution in [2.45, 2.75) is 38.1 Å². The predicted molar refractivity (Wildman–Crippen MR) is 146 cm³/mol. The van der Waals surface area contributed by atoms with Crippen molar-refractivity contribution >= 4 is 33.0 Å². The number of aromatic nitrogens is 4. The van der Waals surface area contributed by atoms with Crippen LogP contribution in [0.3, 0.4) is 0 Å². The summed E-state index contributed by atoms with van der Waals surface area (Å²) < 4.78 is 79.2. The molecule has 0 aliphatic carbocycles. The standard InChI is InChI=1S/C27H23ClF3N5O5S/c1-15-25(16(2)36(35-15)13-17-3-6-19(28)7-4-17)34-24(37)9-10-42(38,39)26-32-20(12-23(33-26)27(29,30)31)18-5-8-21-22(11-18)41-14-40-21/h3-8,11-12H,9-10,13-14H2,1-2H3,(H,34,37). The fourth-order valence-corrected chi connectivity index (χ4v) is 5.47. The minimum absolute atomic E-state index is 0.0553. The van der Waals surface area contributed by atoms with E-state index >= 15 is 0 Å². The first-order chi connectivity index (χ1) is 19.8. The van der Waals surface area contributed by atoms with Crippen LogP contribution in [-0.2, 0) is 27.4 Å². The number of aryl methyl sites for hydroxylation is 1. The van der Waals surface area contributed by atoms with Gasteiger partial charge >= 0.3 is 6.18 Å². The number of hydrogen-bond acceptors (Lipinski definition) is 8. The topological polar surface area (TPSA) is 125 Å². The minimum atomic E-state index is -4.95. The van der Waals surface area contributed by atoms with Crippen LogP contribution in [0.25, 0.3) is 11.3 Å². The molecule has 0 atom stereocenters. The molecule has 10 nitrogen and oxygen atoms in total. The largest absolute Gasteiger partial charge is 0.454 e. The summed E-state index contributed by atoms with van der Waals surface area (Å²) in [7, 11) is -4.50. The first-order valence-corrected chi connectivity index (χ1v) is 14.5. The lowest BCUT2D eigenvalue weighted by molar-refractivity contribution is -0.141. The van der Waals surface area contributed by atoms with E-state index < -0.39 is 44.9 Å². The number of ether oxygens (including phenoxy) is 2. The van der Waals surface area contributed by atoms with Gasteiger partial charge in [-0.3, -0.25) is 9.48 Å². The van der Waals surface area contributed by atoms with Crippen LogP contribution in [0.1, 0.15) is 29.1 Å². The van der Waals surface area contributed by atoms with E-state index in [-0.39, 0.29) is 23.8 Å². The van der Waals surface area contributed by atoms with Crippen LogP contribution in [0, 0.1) is 13.8 Å². The Morgan fingerprint density at radius 2 is 1.76 bits per heavy atom. The highest BCUT2D eigenvalue weighted by Gasteiger charge is 2.36. The van der Waals surface area contributed by atoms with Gasteiger partial charge in [0.25, 0.3) is 0 Å². The van der Waals surface area contributed by atoms with E-state index in [1.807, 2.05) is 12.1 Å². The van der Waals surface area contributed by atoms with Gasteiger partial charge in [0.15, 0.2) is 11.5 Å². The number of sulfone groups is 1. The second-order valence-electron chi connectivity index (χ2n) is 9.43. The summed E-state index contributed by atoms with van der Waals surface area (Å²) in [5.74, 6) is -0.817. The highest BCUT2D eigenvalue weighted by molar-refractivity contribution is 7.91. The van der Waals surface area contributed by atoms with Gasteiger partial charge in [-0.25, -0.2) is 18.4 Å². The molecule has 2 aromatic heterocycles. The maximum atomic E-state index is 13.7. The number of carbonyl (C=O) groups is 1. The minimum Gasteiger partial charge on any atom is -0.454 e. The quantitative estimate of drug-likeness (QED) is 0.266. The summed E-state index contributed by atoms with van der Waals surface area (Å²) in [6.45, 7) is 3.79. The Bertz CT molecular complexity index is 1780. The summed E-state index contributed by atoms with van der Waals surface area (Å²) >= 11 is 5.94. The molecule has 2 aromatic carbocycles. The summed E-state index contributed by atoms with van der Waals surface area (Å²) in [6, 6.07) is 12.1. The van der Waals surface area contributed by atoms with E-state index in [9.17, 15) is 26.4 Å². The highest BCUT2D eigenvalue weighted by Crippen LogP contribution is 2.37. The van der Waals surface area contributed by atoms with E-state index in [2.05, 4.69) is 20.4 Å². The third-order valence-electron chi connectivity index (χ3n) is 6.43. The lowest BCUT2D eigenvalue weighted by Gasteiger charge is -2.12. The number of amides is 1. The van der Waals surface area contributed by atoms with E-state index in [1.165, 1.54) is 18.2 Å². The molecule has 0 radical (unpaired) electrons. The Hall–Kier alpha value is -4.17. The van der Waals surface area contributed by atoms with Crippen molar-refractivity contribution in [3.05, 3.63) is 76.2 Å². The van der Waals surface area contributed by atoms with Crippen LogP contribution in [0.2, 0.25) is 5.02 Å². The number of nitrogens with one attached hydrogen (secondary N) is 1. The normalized spacial score (nSPS) is 12.9. The van der Waals surface area contributed by atoms with Gasteiger partial charge in [0, 0.05) is 17.0 Å². The van der Waals surface area contributed by atoms with E-state index in [0.29, 0.717) is 40.5 Å². The van der Waals surface area contributed by atoms with Crippen molar-refractivity contribution < 1.29 is 35.9 Å². The molecule has 0 spiro atoms. The lowest BCUT2D eigenvalue weighted by atomic mass is 10.1. The number of rotatable bonds is 8. The van der Waals surface area contributed by atoms with Crippen LogP contribution in [-0.4, -0.2) is 46.6 Å². The molecule has 1 aliphatic rings. The maximum Gasteiger partial charge on any atom is 0.433 e. The Morgan fingerprint density at radius 1 is 1.05 bits per heavy atom. The molecule has 0 fully saturated rings. The average molecular weight is 622 g/mol. The fourth-order valence-electron chi connectivity index (χ4n) is 4.23. The van der Waals surface area contributed by atoms with Gasteiger partial charge in [-0.1, -0.05) is 23.7 Å². The van der Waals surface area contributed by atoms with Crippen molar-refractivity contribution in [3.8, 4) is 22.8 Å². The van der Waals surface area contributed by atoms with Gasteiger partial charge < -0.3 is 14.8 Å². The van der Waals surface area contributed by atoms with Crippen LogP contribution in [0.15, 0.2) is 53.7 Å². The van der Waals surface area contributed by atoms with Crippen LogP contribution in [0.5, 0.6) is 11.5 Å². The molecule has 0 unspecified atom stereocenters. The molecule has 5 rings (SSSR count). The molecule has 0 saturated carbocycles. The molecule has 1 aliphatic heterocycles. The second kappa shape index (κ2) is 11.2. The maximum absolute atomic E-state index is 13.7. The van der Waals surface area contributed by atoms with Crippen molar-refractivity contribution in [1.82, 2.24) is 19.7 Å². The summed E-state index contributed by atoms with van der Waals surface area (Å²) in [6.07, 6.45) is -5.50. The second-order valence-corrected chi connectivity index (χ2v) is 11.9. The molecule has 42 heavy (non-hydrogen) atoms. The molecule has 3 heterocycles. The Labute approximate surface area is 243 Å². The highest BCUT2D eigenvalue weighted by atomic mass is 35.5. The molecule has 4 aromatic rings. The summed E-state index contributed by atoms with van der Waals surface area (Å²) in [5.41, 5.74) is 0.927. The van der Waals surface area contributed by atoms with Gasteiger partial charge in [0.2, 0.25) is 27.7 Å². The third-order valence-corrected chi connectivity index (χ3v) is 8.16. The first-order valence-electron chi connectivity index (χ1n) is 12.5. The van der Waals surface area contributed by atoms with Crippen molar-refractivity contribution in [2.24, 2.45) is 0 Å². The van der Waals surface area contributed by atoms with Crippen LogP contribution in [0.4, 0.5) is 18.9 Å². The zero-order valence-corrected chi connectivity index (χ0v) is 23.8.